The van der Waals surface area contributed by atoms with Crippen molar-refractivity contribution in [1.29, 1.82) is 0 Å². The van der Waals surface area contributed by atoms with Crippen LogP contribution < -0.4 is 14.8 Å². The molecular formula is C20H30N2O4. The average molecular weight is 362 g/mol. The van der Waals surface area contributed by atoms with Gasteiger partial charge >= 0.3 is 0 Å². The van der Waals surface area contributed by atoms with Crippen molar-refractivity contribution in [3.8, 4) is 11.5 Å². The van der Waals surface area contributed by atoms with Gasteiger partial charge in [-0.1, -0.05) is 18.2 Å². The van der Waals surface area contributed by atoms with E-state index in [1.807, 2.05) is 37.3 Å². The van der Waals surface area contributed by atoms with E-state index in [0.717, 1.165) is 31.9 Å². The van der Waals surface area contributed by atoms with Gasteiger partial charge in [0.15, 0.2) is 18.1 Å². The predicted molar refractivity (Wildman–Crippen MR) is 103 cm³/mol. The van der Waals surface area contributed by atoms with Crippen molar-refractivity contribution >= 4 is 12.0 Å². The Labute approximate surface area is 156 Å². The highest BCUT2D eigenvalue weighted by Crippen LogP contribution is 2.28. The van der Waals surface area contributed by atoms with Gasteiger partial charge in [-0.3, -0.25) is 9.69 Å². The zero-order chi connectivity index (χ0) is 19.0. The lowest BCUT2D eigenvalue weighted by molar-refractivity contribution is -0.123. The SMILES string of the molecule is C/C=C/c1ccc(OCC(=O)NCC(C)(C)N2CCOCC2)c(OC)c1. The van der Waals surface area contributed by atoms with Gasteiger partial charge in [-0.05, 0) is 38.5 Å². The minimum atomic E-state index is -0.147. The fraction of sp³-hybridized carbons (Fsp3) is 0.550. The summed E-state index contributed by atoms with van der Waals surface area (Å²) in [7, 11) is 1.59. The maximum Gasteiger partial charge on any atom is 0.258 e. The predicted octanol–water partition coefficient (Wildman–Crippen LogP) is 2.33. The number of nitrogens with zero attached hydrogens (tertiary/aromatic N) is 1. The number of nitrogens with one attached hydrogen (secondary N) is 1. The van der Waals surface area contributed by atoms with Crippen LogP contribution in [0.3, 0.4) is 0 Å². The topological polar surface area (TPSA) is 60.0 Å². The molecule has 0 aliphatic carbocycles. The van der Waals surface area contributed by atoms with Crippen molar-refractivity contribution in [2.24, 2.45) is 0 Å². The van der Waals surface area contributed by atoms with Gasteiger partial charge in [0.25, 0.3) is 5.91 Å². The second kappa shape index (κ2) is 9.59. The van der Waals surface area contributed by atoms with Crippen molar-refractivity contribution in [2.75, 3.05) is 46.6 Å². The van der Waals surface area contributed by atoms with Crippen molar-refractivity contribution in [3.63, 3.8) is 0 Å². The number of hydrogen-bond acceptors (Lipinski definition) is 5. The van der Waals surface area contributed by atoms with Gasteiger partial charge in [-0.2, -0.15) is 0 Å². The fourth-order valence-corrected chi connectivity index (χ4v) is 2.89. The fourth-order valence-electron chi connectivity index (χ4n) is 2.89. The van der Waals surface area contributed by atoms with Crippen molar-refractivity contribution < 1.29 is 19.0 Å². The normalized spacial score (nSPS) is 15.8. The molecule has 0 saturated carbocycles. The Balaban J connectivity index is 1.84. The zero-order valence-electron chi connectivity index (χ0n) is 16.2. The number of methoxy groups -OCH3 is 1. The van der Waals surface area contributed by atoms with E-state index in [4.69, 9.17) is 14.2 Å². The molecule has 6 nitrogen and oxygen atoms in total. The minimum absolute atomic E-state index is 0.0431. The van der Waals surface area contributed by atoms with Crippen LogP contribution in [0.1, 0.15) is 26.3 Å². The molecular weight excluding hydrogens is 332 g/mol. The maximum absolute atomic E-state index is 12.2. The second-order valence-electron chi connectivity index (χ2n) is 6.89. The summed E-state index contributed by atoms with van der Waals surface area (Å²) in [6.07, 6.45) is 3.94. The van der Waals surface area contributed by atoms with Crippen LogP contribution in [-0.4, -0.2) is 62.9 Å². The average Bonchev–Trinajstić information content (AvgIpc) is 2.66. The van der Waals surface area contributed by atoms with Crippen LogP contribution in [0.2, 0.25) is 0 Å². The van der Waals surface area contributed by atoms with Gasteiger partial charge in [0.2, 0.25) is 0 Å². The summed E-state index contributed by atoms with van der Waals surface area (Å²) in [6.45, 7) is 9.98. The molecule has 0 spiro atoms. The number of morpholine rings is 1. The molecule has 1 aliphatic heterocycles. The molecule has 0 aromatic heterocycles. The van der Waals surface area contributed by atoms with E-state index in [9.17, 15) is 4.79 Å². The molecule has 1 heterocycles. The molecule has 144 valence electrons. The Bertz CT molecular complexity index is 622. The minimum Gasteiger partial charge on any atom is -0.493 e. The van der Waals surface area contributed by atoms with E-state index in [-0.39, 0.29) is 18.1 Å². The van der Waals surface area contributed by atoms with Crippen LogP contribution in [0, 0.1) is 0 Å². The lowest BCUT2D eigenvalue weighted by atomic mass is 10.0. The maximum atomic E-state index is 12.2. The van der Waals surface area contributed by atoms with Crippen LogP contribution >= 0.6 is 0 Å². The Hall–Kier alpha value is -2.05. The Morgan fingerprint density at radius 1 is 1.31 bits per heavy atom. The van der Waals surface area contributed by atoms with Gasteiger partial charge in [-0.25, -0.2) is 0 Å². The highest BCUT2D eigenvalue weighted by atomic mass is 16.5. The molecule has 0 bridgehead atoms. The number of ether oxygens (including phenoxy) is 3. The molecule has 1 aromatic rings. The van der Waals surface area contributed by atoms with Gasteiger partial charge in [0.05, 0.1) is 20.3 Å². The highest BCUT2D eigenvalue weighted by molar-refractivity contribution is 5.77. The first-order chi connectivity index (χ1) is 12.5. The smallest absolute Gasteiger partial charge is 0.258 e. The van der Waals surface area contributed by atoms with Gasteiger partial charge in [-0.15, -0.1) is 0 Å². The van der Waals surface area contributed by atoms with Crippen molar-refractivity contribution in [2.45, 2.75) is 26.3 Å². The number of amides is 1. The monoisotopic (exact) mass is 362 g/mol. The van der Waals surface area contributed by atoms with E-state index in [1.165, 1.54) is 0 Å². The quantitative estimate of drug-likeness (QED) is 0.769. The molecule has 6 heteroatoms. The molecule has 2 rings (SSSR count). The summed E-state index contributed by atoms with van der Waals surface area (Å²) in [5, 5.41) is 2.96. The molecule has 0 unspecified atom stereocenters. The summed E-state index contributed by atoms with van der Waals surface area (Å²) >= 11 is 0. The molecule has 1 aromatic carbocycles. The number of hydrogen-bond donors (Lipinski definition) is 1. The molecule has 1 saturated heterocycles. The Morgan fingerprint density at radius 2 is 2.04 bits per heavy atom. The standard InChI is InChI=1S/C20H30N2O4/c1-5-6-16-7-8-17(18(13-16)24-4)26-14-19(23)21-15-20(2,3)22-9-11-25-12-10-22/h5-8,13H,9-12,14-15H2,1-4H3,(H,21,23)/b6-5+. The van der Waals surface area contributed by atoms with E-state index >= 15 is 0 Å². The van der Waals surface area contributed by atoms with Gasteiger partial charge in [0.1, 0.15) is 0 Å². The first kappa shape index (κ1) is 20.3. The molecule has 1 N–H and O–H groups in total. The zero-order valence-corrected chi connectivity index (χ0v) is 16.2. The highest BCUT2D eigenvalue weighted by Gasteiger charge is 2.28. The third kappa shape index (κ3) is 5.75. The number of benzene rings is 1. The van der Waals surface area contributed by atoms with E-state index < -0.39 is 0 Å². The first-order valence-electron chi connectivity index (χ1n) is 8.99. The van der Waals surface area contributed by atoms with Crippen molar-refractivity contribution in [1.82, 2.24) is 10.2 Å². The van der Waals surface area contributed by atoms with E-state index in [1.54, 1.807) is 7.11 Å². The van der Waals surface area contributed by atoms with E-state index in [0.29, 0.717) is 18.0 Å². The van der Waals surface area contributed by atoms with Gasteiger partial charge < -0.3 is 19.5 Å². The molecule has 1 fully saturated rings. The first-order valence-corrected chi connectivity index (χ1v) is 8.99. The van der Waals surface area contributed by atoms with Gasteiger partial charge in [0, 0.05) is 25.2 Å². The molecule has 1 amide bonds. The summed E-state index contributed by atoms with van der Waals surface area (Å²) in [5.74, 6) is 1.02. The lowest BCUT2D eigenvalue weighted by Gasteiger charge is -2.40. The third-order valence-corrected chi connectivity index (χ3v) is 4.49. The largest absolute Gasteiger partial charge is 0.493 e. The van der Waals surface area contributed by atoms with Crippen LogP contribution in [0.25, 0.3) is 6.08 Å². The summed E-state index contributed by atoms with van der Waals surface area (Å²) in [5.41, 5.74) is 0.902. The molecule has 0 atom stereocenters. The number of carbonyl (C=O) groups is 1. The summed E-state index contributed by atoms with van der Waals surface area (Å²) < 4.78 is 16.4. The van der Waals surface area contributed by atoms with Crippen LogP contribution in [0.5, 0.6) is 11.5 Å². The number of carbonyl (C=O) groups excluding carboxylic acids is 1. The number of allylic oxidation sites excluding steroid dienone is 1. The van der Waals surface area contributed by atoms with Crippen LogP contribution in [0.4, 0.5) is 0 Å². The summed E-state index contributed by atoms with van der Waals surface area (Å²) in [6, 6.07) is 5.63. The van der Waals surface area contributed by atoms with Crippen molar-refractivity contribution in [3.05, 3.63) is 29.8 Å². The Morgan fingerprint density at radius 3 is 2.69 bits per heavy atom. The summed E-state index contributed by atoms with van der Waals surface area (Å²) in [4.78, 5) is 14.5. The molecule has 26 heavy (non-hydrogen) atoms. The molecule has 1 aliphatic rings. The molecule has 0 radical (unpaired) electrons. The van der Waals surface area contributed by atoms with Crippen LogP contribution in [0.15, 0.2) is 24.3 Å². The van der Waals surface area contributed by atoms with E-state index in [2.05, 4.69) is 24.1 Å². The third-order valence-electron chi connectivity index (χ3n) is 4.49. The number of rotatable bonds is 8. The Kier molecular flexibility index (Phi) is 7.48. The lowest BCUT2D eigenvalue weighted by Crippen LogP contribution is -2.55. The second-order valence-corrected chi connectivity index (χ2v) is 6.89. The van der Waals surface area contributed by atoms with Crippen LogP contribution in [-0.2, 0) is 9.53 Å².